The fraction of sp³-hybridized carbons (Fsp3) is 0.364. The topological polar surface area (TPSA) is 17.8 Å². The average molecular weight is 461 g/mol. The second-order valence-corrected chi connectivity index (χ2v) is 10.5. The van der Waals surface area contributed by atoms with Gasteiger partial charge in [-0.05, 0) is 71.9 Å². The van der Waals surface area contributed by atoms with Crippen molar-refractivity contribution in [1.82, 2.24) is 9.55 Å². The van der Waals surface area contributed by atoms with E-state index >= 15 is 0 Å². The second kappa shape index (κ2) is 10.2. The van der Waals surface area contributed by atoms with E-state index in [1.807, 2.05) is 6.20 Å². The Labute approximate surface area is 210 Å². The first kappa shape index (κ1) is 22.3. The van der Waals surface area contributed by atoms with Gasteiger partial charge in [0.15, 0.2) is 0 Å². The van der Waals surface area contributed by atoms with Crippen molar-refractivity contribution in [3.63, 3.8) is 0 Å². The van der Waals surface area contributed by atoms with Crippen LogP contribution in [0, 0.1) is 0 Å². The lowest BCUT2D eigenvalue weighted by Crippen LogP contribution is -2.15. The summed E-state index contributed by atoms with van der Waals surface area (Å²) in [7, 11) is 0. The molecular weight excluding hydrogens is 424 g/mol. The SMILES string of the molecule is c1ccc(-c2cc(C3CCCCC3)c(-n3ccnc3-c3ccccc3)c(C3CCCCC3)c2)cc1. The third kappa shape index (κ3) is 4.59. The van der Waals surface area contributed by atoms with E-state index in [4.69, 9.17) is 4.98 Å². The number of nitrogens with zero attached hydrogens (tertiary/aromatic N) is 2. The molecule has 2 aliphatic carbocycles. The van der Waals surface area contributed by atoms with Crippen LogP contribution in [-0.4, -0.2) is 9.55 Å². The first-order chi connectivity index (χ1) is 17.4. The largest absolute Gasteiger partial charge is 0.299 e. The smallest absolute Gasteiger partial charge is 0.144 e. The molecule has 0 atom stereocenters. The highest BCUT2D eigenvalue weighted by molar-refractivity contribution is 5.71. The Hall–Kier alpha value is -3.13. The molecule has 35 heavy (non-hydrogen) atoms. The van der Waals surface area contributed by atoms with Crippen LogP contribution in [0.1, 0.15) is 87.2 Å². The van der Waals surface area contributed by atoms with Gasteiger partial charge < -0.3 is 0 Å². The van der Waals surface area contributed by atoms with Gasteiger partial charge in [0.05, 0.1) is 5.69 Å². The first-order valence-electron chi connectivity index (χ1n) is 13.7. The third-order valence-corrected chi connectivity index (χ3v) is 8.28. The maximum atomic E-state index is 4.88. The molecular formula is C33H36N2. The highest BCUT2D eigenvalue weighted by atomic mass is 15.1. The Morgan fingerprint density at radius 2 is 1.09 bits per heavy atom. The van der Waals surface area contributed by atoms with Gasteiger partial charge in [-0.1, -0.05) is 99.2 Å². The van der Waals surface area contributed by atoms with E-state index in [9.17, 15) is 0 Å². The normalized spacial score (nSPS) is 17.5. The zero-order valence-electron chi connectivity index (χ0n) is 20.7. The molecule has 2 nitrogen and oxygen atoms in total. The van der Waals surface area contributed by atoms with E-state index in [1.165, 1.54) is 86.6 Å². The van der Waals surface area contributed by atoms with Crippen LogP contribution in [0.15, 0.2) is 85.2 Å². The van der Waals surface area contributed by atoms with Gasteiger partial charge in [0, 0.05) is 18.0 Å². The monoisotopic (exact) mass is 460 g/mol. The van der Waals surface area contributed by atoms with Crippen molar-refractivity contribution in [3.05, 3.63) is 96.3 Å². The Morgan fingerprint density at radius 1 is 0.571 bits per heavy atom. The van der Waals surface area contributed by atoms with Gasteiger partial charge in [-0.2, -0.15) is 0 Å². The summed E-state index contributed by atoms with van der Waals surface area (Å²) in [4.78, 5) is 4.88. The molecule has 2 fully saturated rings. The summed E-state index contributed by atoms with van der Waals surface area (Å²) in [6.45, 7) is 0. The summed E-state index contributed by atoms with van der Waals surface area (Å²) in [6.07, 6.45) is 17.5. The number of hydrogen-bond donors (Lipinski definition) is 0. The summed E-state index contributed by atoms with van der Waals surface area (Å²) in [6, 6.07) is 26.8. The molecule has 0 saturated heterocycles. The van der Waals surface area contributed by atoms with Crippen molar-refractivity contribution in [2.24, 2.45) is 0 Å². The van der Waals surface area contributed by atoms with Crippen LogP contribution >= 0.6 is 0 Å². The van der Waals surface area contributed by atoms with Crippen LogP contribution in [0.25, 0.3) is 28.2 Å². The summed E-state index contributed by atoms with van der Waals surface area (Å²) in [5.41, 5.74) is 8.43. The number of rotatable bonds is 5. The van der Waals surface area contributed by atoms with Crippen LogP contribution in [-0.2, 0) is 0 Å². The minimum atomic E-state index is 0.621. The van der Waals surface area contributed by atoms with Gasteiger partial charge in [-0.25, -0.2) is 4.98 Å². The lowest BCUT2D eigenvalue weighted by molar-refractivity contribution is 0.434. The minimum absolute atomic E-state index is 0.621. The fourth-order valence-electron chi connectivity index (χ4n) is 6.49. The second-order valence-electron chi connectivity index (χ2n) is 10.5. The van der Waals surface area contributed by atoms with Crippen molar-refractivity contribution >= 4 is 0 Å². The lowest BCUT2D eigenvalue weighted by atomic mass is 9.77. The zero-order valence-corrected chi connectivity index (χ0v) is 20.7. The summed E-state index contributed by atoms with van der Waals surface area (Å²) < 4.78 is 2.43. The van der Waals surface area contributed by atoms with Crippen LogP contribution in [0.4, 0.5) is 0 Å². The lowest BCUT2D eigenvalue weighted by Gasteiger charge is -2.31. The molecule has 0 spiro atoms. The molecule has 0 aliphatic heterocycles. The molecule has 178 valence electrons. The highest BCUT2D eigenvalue weighted by Crippen LogP contribution is 2.45. The molecule has 6 rings (SSSR count). The summed E-state index contributed by atoms with van der Waals surface area (Å²) in [5.74, 6) is 2.30. The molecule has 4 aromatic rings. The number of aromatic nitrogens is 2. The first-order valence-corrected chi connectivity index (χ1v) is 13.7. The van der Waals surface area contributed by atoms with E-state index in [-0.39, 0.29) is 0 Å². The van der Waals surface area contributed by atoms with E-state index in [0.717, 1.165) is 5.82 Å². The standard InChI is InChI=1S/C33H36N2/c1-5-13-25(14-6-1)29-23-30(26-15-7-2-8-16-26)32(31(24-29)27-17-9-3-10-18-27)35-22-21-34-33(35)28-19-11-4-12-20-28/h1,4-6,11-14,19-24,26-27H,2-3,7-10,15-18H2. The quantitative estimate of drug-likeness (QED) is 0.290. The van der Waals surface area contributed by atoms with E-state index in [2.05, 4.69) is 83.6 Å². The number of benzene rings is 3. The van der Waals surface area contributed by atoms with Gasteiger partial charge in [0.2, 0.25) is 0 Å². The Kier molecular flexibility index (Phi) is 6.53. The molecule has 0 amide bonds. The van der Waals surface area contributed by atoms with Gasteiger partial charge in [0.1, 0.15) is 5.82 Å². The van der Waals surface area contributed by atoms with Crippen molar-refractivity contribution in [2.45, 2.75) is 76.0 Å². The predicted molar refractivity (Wildman–Crippen MR) is 146 cm³/mol. The molecule has 1 aromatic heterocycles. The fourth-order valence-corrected chi connectivity index (χ4v) is 6.49. The van der Waals surface area contributed by atoms with E-state index in [0.29, 0.717) is 11.8 Å². The number of imidazole rings is 1. The van der Waals surface area contributed by atoms with Gasteiger partial charge in [-0.15, -0.1) is 0 Å². The molecule has 1 heterocycles. The molecule has 0 unspecified atom stereocenters. The van der Waals surface area contributed by atoms with Crippen LogP contribution in [0.5, 0.6) is 0 Å². The van der Waals surface area contributed by atoms with E-state index < -0.39 is 0 Å². The molecule has 0 radical (unpaired) electrons. The Bertz CT molecular complexity index is 1200. The zero-order chi connectivity index (χ0) is 23.5. The third-order valence-electron chi connectivity index (χ3n) is 8.28. The van der Waals surface area contributed by atoms with Crippen molar-refractivity contribution in [2.75, 3.05) is 0 Å². The number of hydrogen-bond acceptors (Lipinski definition) is 1. The maximum absolute atomic E-state index is 4.88. The van der Waals surface area contributed by atoms with Crippen molar-refractivity contribution in [3.8, 4) is 28.2 Å². The Morgan fingerprint density at radius 3 is 1.63 bits per heavy atom. The predicted octanol–water partition coefficient (Wildman–Crippen LogP) is 9.30. The minimum Gasteiger partial charge on any atom is -0.299 e. The van der Waals surface area contributed by atoms with Crippen LogP contribution in [0.2, 0.25) is 0 Å². The van der Waals surface area contributed by atoms with Gasteiger partial charge in [-0.3, -0.25) is 4.57 Å². The van der Waals surface area contributed by atoms with Crippen LogP contribution in [0.3, 0.4) is 0 Å². The van der Waals surface area contributed by atoms with Crippen LogP contribution < -0.4 is 0 Å². The van der Waals surface area contributed by atoms with Gasteiger partial charge in [0.25, 0.3) is 0 Å². The average Bonchev–Trinajstić information content (AvgIpc) is 3.44. The molecule has 2 saturated carbocycles. The summed E-state index contributed by atoms with van der Waals surface area (Å²) in [5, 5.41) is 0. The maximum Gasteiger partial charge on any atom is 0.144 e. The molecule has 2 heteroatoms. The molecule has 3 aromatic carbocycles. The molecule has 2 aliphatic rings. The van der Waals surface area contributed by atoms with Crippen molar-refractivity contribution in [1.29, 1.82) is 0 Å². The molecule has 0 bridgehead atoms. The van der Waals surface area contributed by atoms with E-state index in [1.54, 1.807) is 11.1 Å². The highest BCUT2D eigenvalue weighted by Gasteiger charge is 2.28. The van der Waals surface area contributed by atoms with Crippen molar-refractivity contribution < 1.29 is 0 Å². The van der Waals surface area contributed by atoms with Gasteiger partial charge >= 0.3 is 0 Å². The molecule has 0 N–H and O–H groups in total. The summed E-state index contributed by atoms with van der Waals surface area (Å²) >= 11 is 0. The Balaban J connectivity index is 1.60.